The largest absolute Gasteiger partial charge is 0.236 e. The molecule has 0 fully saturated rings. The van der Waals surface area contributed by atoms with Crippen molar-refractivity contribution in [2.24, 2.45) is 0 Å². The molecule has 0 radical (unpaired) electrons. The smallest absolute Gasteiger partial charge is 0.164 e. The molecule has 2 aromatic heterocycles. The van der Waals surface area contributed by atoms with E-state index in [1.54, 1.807) is 23.0 Å². The Kier molecular flexibility index (Phi) is 2.11. The SMILES string of the molecule is Clc1ccnc2c(-c3ccccc3)cnn12. The van der Waals surface area contributed by atoms with Crippen LogP contribution in [0.3, 0.4) is 0 Å². The Morgan fingerprint density at radius 2 is 1.88 bits per heavy atom. The van der Waals surface area contributed by atoms with E-state index in [0.717, 1.165) is 16.8 Å². The maximum Gasteiger partial charge on any atom is 0.164 e. The van der Waals surface area contributed by atoms with E-state index in [-0.39, 0.29) is 0 Å². The summed E-state index contributed by atoms with van der Waals surface area (Å²) in [5.41, 5.74) is 2.86. The predicted molar refractivity (Wildman–Crippen MR) is 63.4 cm³/mol. The van der Waals surface area contributed by atoms with Gasteiger partial charge in [-0.1, -0.05) is 41.9 Å². The van der Waals surface area contributed by atoms with Gasteiger partial charge in [0.25, 0.3) is 0 Å². The quantitative estimate of drug-likeness (QED) is 0.601. The first kappa shape index (κ1) is 9.36. The lowest BCUT2D eigenvalue weighted by Gasteiger charge is -1.98. The molecule has 0 N–H and O–H groups in total. The Hall–Kier alpha value is -1.87. The molecule has 2 heterocycles. The number of fused-ring (bicyclic) bond motifs is 1. The third-order valence-electron chi connectivity index (χ3n) is 2.44. The van der Waals surface area contributed by atoms with E-state index in [4.69, 9.17) is 11.6 Å². The van der Waals surface area contributed by atoms with E-state index in [0.29, 0.717) is 5.15 Å². The average Bonchev–Trinajstić information content (AvgIpc) is 2.75. The molecule has 0 aliphatic rings. The first-order valence-electron chi connectivity index (χ1n) is 4.90. The summed E-state index contributed by atoms with van der Waals surface area (Å²) < 4.78 is 1.63. The average molecular weight is 230 g/mol. The van der Waals surface area contributed by atoms with Crippen LogP contribution >= 0.6 is 11.6 Å². The van der Waals surface area contributed by atoms with E-state index < -0.39 is 0 Å². The zero-order chi connectivity index (χ0) is 11.0. The molecule has 3 rings (SSSR count). The van der Waals surface area contributed by atoms with Crippen LogP contribution in [0, 0.1) is 0 Å². The highest BCUT2D eigenvalue weighted by Crippen LogP contribution is 2.24. The van der Waals surface area contributed by atoms with Crippen LogP contribution in [-0.4, -0.2) is 14.6 Å². The highest BCUT2D eigenvalue weighted by Gasteiger charge is 2.08. The van der Waals surface area contributed by atoms with Crippen molar-refractivity contribution >= 4 is 17.2 Å². The summed E-state index contributed by atoms with van der Waals surface area (Å²) in [5, 5.41) is 4.78. The lowest BCUT2D eigenvalue weighted by Crippen LogP contribution is -1.90. The molecular formula is C12H8ClN3. The van der Waals surface area contributed by atoms with Gasteiger partial charge in [0.2, 0.25) is 0 Å². The molecule has 0 saturated carbocycles. The van der Waals surface area contributed by atoms with Gasteiger partial charge < -0.3 is 0 Å². The summed E-state index contributed by atoms with van der Waals surface area (Å²) in [6.07, 6.45) is 3.47. The third kappa shape index (κ3) is 1.37. The molecule has 4 heteroatoms. The minimum absolute atomic E-state index is 0.562. The Morgan fingerprint density at radius 3 is 2.69 bits per heavy atom. The van der Waals surface area contributed by atoms with Crippen LogP contribution in [0.15, 0.2) is 48.8 Å². The summed E-state index contributed by atoms with van der Waals surface area (Å²) in [6.45, 7) is 0. The van der Waals surface area contributed by atoms with Crippen molar-refractivity contribution in [3.05, 3.63) is 53.9 Å². The van der Waals surface area contributed by atoms with Crippen LogP contribution in [-0.2, 0) is 0 Å². The number of nitrogens with zero attached hydrogens (tertiary/aromatic N) is 3. The van der Waals surface area contributed by atoms with Crippen molar-refractivity contribution in [1.29, 1.82) is 0 Å². The number of benzene rings is 1. The van der Waals surface area contributed by atoms with Crippen molar-refractivity contribution in [1.82, 2.24) is 14.6 Å². The van der Waals surface area contributed by atoms with E-state index in [1.807, 2.05) is 30.3 Å². The fraction of sp³-hybridized carbons (Fsp3) is 0. The molecule has 3 aromatic rings. The lowest BCUT2D eigenvalue weighted by atomic mass is 10.1. The molecule has 0 saturated heterocycles. The standard InChI is InChI=1S/C12H8ClN3/c13-11-6-7-14-12-10(8-15-16(11)12)9-4-2-1-3-5-9/h1-8H. The predicted octanol–water partition coefficient (Wildman–Crippen LogP) is 3.05. The molecule has 0 aliphatic heterocycles. The Morgan fingerprint density at radius 1 is 1.06 bits per heavy atom. The number of hydrogen-bond donors (Lipinski definition) is 0. The zero-order valence-electron chi connectivity index (χ0n) is 8.34. The van der Waals surface area contributed by atoms with Gasteiger partial charge in [0.05, 0.1) is 6.20 Å². The van der Waals surface area contributed by atoms with Gasteiger partial charge in [-0.05, 0) is 11.6 Å². The zero-order valence-corrected chi connectivity index (χ0v) is 9.09. The van der Waals surface area contributed by atoms with E-state index in [2.05, 4.69) is 10.1 Å². The molecule has 16 heavy (non-hydrogen) atoms. The molecule has 0 unspecified atom stereocenters. The molecule has 78 valence electrons. The van der Waals surface area contributed by atoms with E-state index in [1.165, 1.54) is 0 Å². The van der Waals surface area contributed by atoms with Gasteiger partial charge in [-0.15, -0.1) is 0 Å². The van der Waals surface area contributed by atoms with Gasteiger partial charge >= 0.3 is 0 Å². The Bertz CT molecular complexity index is 631. The molecule has 3 nitrogen and oxygen atoms in total. The van der Waals surface area contributed by atoms with Crippen LogP contribution in [0.25, 0.3) is 16.8 Å². The molecule has 0 spiro atoms. The van der Waals surface area contributed by atoms with Crippen LogP contribution in [0.5, 0.6) is 0 Å². The second kappa shape index (κ2) is 3.61. The minimum atomic E-state index is 0.562. The summed E-state index contributed by atoms with van der Waals surface area (Å²) in [5.74, 6) is 0. The Labute approximate surface area is 97.3 Å². The molecular weight excluding hydrogens is 222 g/mol. The summed E-state index contributed by atoms with van der Waals surface area (Å²) in [6, 6.07) is 11.7. The summed E-state index contributed by atoms with van der Waals surface area (Å²) in [7, 11) is 0. The summed E-state index contributed by atoms with van der Waals surface area (Å²) in [4.78, 5) is 4.29. The normalized spacial score (nSPS) is 10.8. The molecule has 0 bridgehead atoms. The topological polar surface area (TPSA) is 30.2 Å². The summed E-state index contributed by atoms with van der Waals surface area (Å²) >= 11 is 6.02. The van der Waals surface area contributed by atoms with E-state index in [9.17, 15) is 0 Å². The first-order valence-corrected chi connectivity index (χ1v) is 5.28. The van der Waals surface area contributed by atoms with Crippen molar-refractivity contribution < 1.29 is 0 Å². The van der Waals surface area contributed by atoms with Gasteiger partial charge in [0.15, 0.2) is 5.65 Å². The van der Waals surface area contributed by atoms with Crippen molar-refractivity contribution in [2.75, 3.05) is 0 Å². The van der Waals surface area contributed by atoms with Gasteiger partial charge in [-0.25, -0.2) is 9.50 Å². The van der Waals surface area contributed by atoms with E-state index >= 15 is 0 Å². The van der Waals surface area contributed by atoms with Crippen LogP contribution in [0.1, 0.15) is 0 Å². The highest BCUT2D eigenvalue weighted by atomic mass is 35.5. The van der Waals surface area contributed by atoms with Gasteiger partial charge in [-0.2, -0.15) is 5.10 Å². The second-order valence-corrected chi connectivity index (χ2v) is 3.81. The fourth-order valence-electron chi connectivity index (χ4n) is 1.68. The monoisotopic (exact) mass is 229 g/mol. The van der Waals surface area contributed by atoms with Gasteiger partial charge in [0.1, 0.15) is 5.15 Å². The minimum Gasteiger partial charge on any atom is -0.236 e. The third-order valence-corrected chi connectivity index (χ3v) is 2.73. The Balaban J connectivity index is 2.30. The number of rotatable bonds is 1. The maximum absolute atomic E-state index is 6.02. The van der Waals surface area contributed by atoms with Gasteiger partial charge in [0, 0.05) is 11.8 Å². The van der Waals surface area contributed by atoms with Crippen LogP contribution < -0.4 is 0 Å². The fourth-order valence-corrected chi connectivity index (χ4v) is 1.86. The van der Waals surface area contributed by atoms with Crippen molar-refractivity contribution in [3.63, 3.8) is 0 Å². The highest BCUT2D eigenvalue weighted by molar-refractivity contribution is 6.29. The van der Waals surface area contributed by atoms with Crippen LogP contribution in [0.2, 0.25) is 5.15 Å². The molecule has 0 aliphatic carbocycles. The number of halogens is 1. The first-order chi connectivity index (χ1) is 7.86. The van der Waals surface area contributed by atoms with Gasteiger partial charge in [-0.3, -0.25) is 0 Å². The second-order valence-electron chi connectivity index (χ2n) is 3.43. The molecule has 1 aromatic carbocycles. The molecule has 0 amide bonds. The van der Waals surface area contributed by atoms with Crippen molar-refractivity contribution in [2.45, 2.75) is 0 Å². The van der Waals surface area contributed by atoms with Crippen LogP contribution in [0.4, 0.5) is 0 Å². The maximum atomic E-state index is 6.02. The number of aromatic nitrogens is 3. The molecule has 0 atom stereocenters. The number of hydrogen-bond acceptors (Lipinski definition) is 2. The lowest BCUT2D eigenvalue weighted by molar-refractivity contribution is 0.940. The van der Waals surface area contributed by atoms with Crippen molar-refractivity contribution in [3.8, 4) is 11.1 Å².